The zero-order valence-electron chi connectivity index (χ0n) is 11.0. The first-order valence-electron chi connectivity index (χ1n) is 6.15. The molecule has 0 bridgehead atoms. The standard InChI is InChI=1S/C14H17BrO4/c1-14(2)18-8-10(9-19-14)7-17-13-4-3-12(15)5-11(13)6-16/h3-6,10H,7-9H2,1-2H3. The molecule has 0 N–H and O–H groups in total. The summed E-state index contributed by atoms with van der Waals surface area (Å²) in [4.78, 5) is 11.0. The van der Waals surface area contributed by atoms with Crippen LogP contribution in [-0.4, -0.2) is 31.9 Å². The van der Waals surface area contributed by atoms with Crippen LogP contribution in [0, 0.1) is 5.92 Å². The Morgan fingerprint density at radius 1 is 1.42 bits per heavy atom. The molecular weight excluding hydrogens is 312 g/mol. The minimum absolute atomic E-state index is 0.177. The minimum Gasteiger partial charge on any atom is -0.492 e. The molecule has 1 aromatic rings. The molecule has 0 unspecified atom stereocenters. The van der Waals surface area contributed by atoms with Gasteiger partial charge in [0.25, 0.3) is 0 Å². The molecule has 5 heteroatoms. The van der Waals surface area contributed by atoms with Gasteiger partial charge in [0.2, 0.25) is 0 Å². The topological polar surface area (TPSA) is 44.8 Å². The molecule has 1 aliphatic heterocycles. The lowest BCUT2D eigenvalue weighted by Gasteiger charge is -2.34. The van der Waals surface area contributed by atoms with Crippen molar-refractivity contribution < 1.29 is 19.0 Å². The Morgan fingerprint density at radius 3 is 2.74 bits per heavy atom. The molecule has 0 aliphatic carbocycles. The van der Waals surface area contributed by atoms with Crippen molar-refractivity contribution in [2.24, 2.45) is 5.92 Å². The van der Waals surface area contributed by atoms with Gasteiger partial charge in [0.05, 0.1) is 25.4 Å². The maximum atomic E-state index is 11.0. The quantitative estimate of drug-likeness (QED) is 0.797. The molecule has 2 rings (SSSR count). The zero-order chi connectivity index (χ0) is 13.9. The van der Waals surface area contributed by atoms with E-state index in [0.29, 0.717) is 31.1 Å². The highest BCUT2D eigenvalue weighted by Gasteiger charge is 2.28. The van der Waals surface area contributed by atoms with Gasteiger partial charge in [0.15, 0.2) is 12.1 Å². The van der Waals surface area contributed by atoms with Gasteiger partial charge >= 0.3 is 0 Å². The Hall–Kier alpha value is -0.910. The SMILES string of the molecule is CC1(C)OCC(COc2ccc(Br)cc2C=O)CO1. The number of carbonyl (C=O) groups excluding carboxylic acids is 1. The highest BCUT2D eigenvalue weighted by molar-refractivity contribution is 9.10. The Bertz CT molecular complexity index is 449. The summed E-state index contributed by atoms with van der Waals surface area (Å²) in [6.45, 7) is 5.45. The third-order valence-electron chi connectivity index (χ3n) is 2.91. The summed E-state index contributed by atoms with van der Waals surface area (Å²) in [5.41, 5.74) is 0.535. The second-order valence-corrected chi connectivity index (χ2v) is 5.91. The third-order valence-corrected chi connectivity index (χ3v) is 3.40. The second-order valence-electron chi connectivity index (χ2n) is 5.00. The second kappa shape index (κ2) is 6.03. The number of hydrogen-bond donors (Lipinski definition) is 0. The van der Waals surface area contributed by atoms with Crippen LogP contribution < -0.4 is 4.74 Å². The largest absolute Gasteiger partial charge is 0.492 e. The van der Waals surface area contributed by atoms with E-state index in [2.05, 4.69) is 15.9 Å². The van der Waals surface area contributed by atoms with Crippen LogP contribution in [0.5, 0.6) is 5.75 Å². The predicted octanol–water partition coefficient (Wildman–Crippen LogP) is 3.04. The summed E-state index contributed by atoms with van der Waals surface area (Å²) in [7, 11) is 0. The van der Waals surface area contributed by atoms with Gasteiger partial charge in [-0.3, -0.25) is 4.79 Å². The lowest BCUT2D eigenvalue weighted by atomic mass is 10.1. The number of carbonyl (C=O) groups is 1. The van der Waals surface area contributed by atoms with E-state index in [9.17, 15) is 4.79 Å². The van der Waals surface area contributed by atoms with E-state index in [1.54, 1.807) is 12.1 Å². The molecule has 1 heterocycles. The van der Waals surface area contributed by atoms with E-state index < -0.39 is 5.79 Å². The number of ether oxygens (including phenoxy) is 3. The Kier molecular flexibility index (Phi) is 4.60. The number of aldehydes is 1. The lowest BCUT2D eigenvalue weighted by Crippen LogP contribution is -2.41. The molecule has 1 saturated heterocycles. The van der Waals surface area contributed by atoms with Gasteiger partial charge < -0.3 is 14.2 Å². The van der Waals surface area contributed by atoms with Gasteiger partial charge in [-0.05, 0) is 32.0 Å². The molecule has 19 heavy (non-hydrogen) atoms. The lowest BCUT2D eigenvalue weighted by molar-refractivity contribution is -0.264. The normalized spacial score (nSPS) is 19.1. The molecule has 0 radical (unpaired) electrons. The summed E-state index contributed by atoms with van der Waals surface area (Å²) in [6.07, 6.45) is 0.789. The van der Waals surface area contributed by atoms with Crippen molar-refractivity contribution in [1.82, 2.24) is 0 Å². The number of benzene rings is 1. The fraction of sp³-hybridized carbons (Fsp3) is 0.500. The van der Waals surface area contributed by atoms with Crippen molar-refractivity contribution in [3.05, 3.63) is 28.2 Å². The van der Waals surface area contributed by atoms with Crippen molar-refractivity contribution in [1.29, 1.82) is 0 Å². The first-order valence-corrected chi connectivity index (χ1v) is 6.95. The minimum atomic E-state index is -0.512. The molecule has 0 saturated carbocycles. The van der Waals surface area contributed by atoms with E-state index in [0.717, 1.165) is 10.8 Å². The fourth-order valence-corrected chi connectivity index (χ4v) is 2.15. The first-order chi connectivity index (χ1) is 9.00. The van der Waals surface area contributed by atoms with Crippen LogP contribution in [0.3, 0.4) is 0 Å². The van der Waals surface area contributed by atoms with Crippen LogP contribution >= 0.6 is 15.9 Å². The molecule has 1 aromatic carbocycles. The predicted molar refractivity (Wildman–Crippen MR) is 74.5 cm³/mol. The van der Waals surface area contributed by atoms with Crippen LogP contribution in [0.1, 0.15) is 24.2 Å². The van der Waals surface area contributed by atoms with Crippen LogP contribution in [0.25, 0.3) is 0 Å². The average molecular weight is 329 g/mol. The molecular formula is C14H17BrO4. The molecule has 0 atom stereocenters. The molecule has 104 valence electrons. The Labute approximate surface area is 121 Å². The Morgan fingerprint density at radius 2 is 2.11 bits per heavy atom. The van der Waals surface area contributed by atoms with Crippen LogP contribution in [-0.2, 0) is 9.47 Å². The molecule has 1 fully saturated rings. The Balaban J connectivity index is 1.91. The van der Waals surface area contributed by atoms with E-state index in [1.165, 1.54) is 0 Å². The molecule has 4 nitrogen and oxygen atoms in total. The molecule has 1 aliphatic rings. The first kappa shape index (κ1) is 14.5. The highest BCUT2D eigenvalue weighted by atomic mass is 79.9. The van der Waals surface area contributed by atoms with E-state index in [-0.39, 0.29) is 5.92 Å². The maximum absolute atomic E-state index is 11.0. The van der Waals surface area contributed by atoms with E-state index in [4.69, 9.17) is 14.2 Å². The monoisotopic (exact) mass is 328 g/mol. The highest BCUT2D eigenvalue weighted by Crippen LogP contribution is 2.24. The number of hydrogen-bond acceptors (Lipinski definition) is 4. The summed E-state index contributed by atoms with van der Waals surface area (Å²) in [6, 6.07) is 5.36. The van der Waals surface area contributed by atoms with Crippen molar-refractivity contribution in [2.75, 3.05) is 19.8 Å². The summed E-state index contributed by atoms with van der Waals surface area (Å²) >= 11 is 3.32. The fourth-order valence-electron chi connectivity index (χ4n) is 1.77. The van der Waals surface area contributed by atoms with Crippen LogP contribution in [0.2, 0.25) is 0 Å². The third kappa shape index (κ3) is 4.03. The van der Waals surface area contributed by atoms with Gasteiger partial charge in [-0.15, -0.1) is 0 Å². The number of rotatable bonds is 4. The summed E-state index contributed by atoms with van der Waals surface area (Å²) in [5, 5.41) is 0. The average Bonchev–Trinajstić information content (AvgIpc) is 2.38. The van der Waals surface area contributed by atoms with Gasteiger partial charge in [0.1, 0.15) is 5.75 Å². The van der Waals surface area contributed by atoms with E-state index in [1.807, 2.05) is 19.9 Å². The zero-order valence-corrected chi connectivity index (χ0v) is 12.6. The smallest absolute Gasteiger partial charge is 0.162 e. The van der Waals surface area contributed by atoms with Gasteiger partial charge in [-0.2, -0.15) is 0 Å². The molecule has 0 amide bonds. The van der Waals surface area contributed by atoms with Crippen LogP contribution in [0.15, 0.2) is 22.7 Å². The van der Waals surface area contributed by atoms with E-state index >= 15 is 0 Å². The van der Waals surface area contributed by atoms with Gasteiger partial charge in [-0.25, -0.2) is 0 Å². The van der Waals surface area contributed by atoms with Crippen LogP contribution in [0.4, 0.5) is 0 Å². The van der Waals surface area contributed by atoms with Crippen molar-refractivity contribution in [2.45, 2.75) is 19.6 Å². The van der Waals surface area contributed by atoms with Gasteiger partial charge in [0, 0.05) is 10.4 Å². The van der Waals surface area contributed by atoms with Crippen molar-refractivity contribution >= 4 is 22.2 Å². The van der Waals surface area contributed by atoms with Crippen molar-refractivity contribution in [3.8, 4) is 5.75 Å². The number of halogens is 1. The van der Waals surface area contributed by atoms with Gasteiger partial charge in [-0.1, -0.05) is 15.9 Å². The molecule has 0 aromatic heterocycles. The summed E-state index contributed by atoms with van der Waals surface area (Å²) < 4.78 is 17.7. The van der Waals surface area contributed by atoms with Crippen molar-refractivity contribution in [3.63, 3.8) is 0 Å². The maximum Gasteiger partial charge on any atom is 0.162 e. The molecule has 0 spiro atoms. The summed E-state index contributed by atoms with van der Waals surface area (Å²) in [5.74, 6) is 0.251.